The molecule has 0 aromatic carbocycles. The summed E-state index contributed by atoms with van der Waals surface area (Å²) in [5, 5.41) is 6.79. The van der Waals surface area contributed by atoms with Crippen molar-refractivity contribution in [2.24, 2.45) is 7.05 Å². The summed E-state index contributed by atoms with van der Waals surface area (Å²) >= 11 is 5.85. The fourth-order valence-corrected chi connectivity index (χ4v) is 2.67. The second kappa shape index (κ2) is 5.97. The Hall–Kier alpha value is -2.29. The standard InChI is InChI=1S/C14H13ClF3N5O/c1-22-4-3-11(21-22)23-5-2-10(13(23)24)20-12-9(15)6-8(7-19-12)14(16,17)18/h3-4,6-7,10H,2,5H2,1H3,(H,19,20). The number of hydrogen-bond acceptors (Lipinski definition) is 4. The Bertz CT molecular complexity index is 776. The number of aryl methyl sites for hydroxylation is 1. The van der Waals surface area contributed by atoms with E-state index in [4.69, 9.17) is 11.6 Å². The van der Waals surface area contributed by atoms with Crippen LogP contribution in [0.2, 0.25) is 5.02 Å². The first kappa shape index (κ1) is 16.6. The summed E-state index contributed by atoms with van der Waals surface area (Å²) in [6.07, 6.45) is -1.65. The van der Waals surface area contributed by atoms with Gasteiger partial charge in [0.15, 0.2) is 5.82 Å². The number of anilines is 2. The molecule has 1 aliphatic heterocycles. The largest absolute Gasteiger partial charge is 0.417 e. The van der Waals surface area contributed by atoms with E-state index in [1.54, 1.807) is 24.0 Å². The van der Waals surface area contributed by atoms with E-state index >= 15 is 0 Å². The highest BCUT2D eigenvalue weighted by molar-refractivity contribution is 6.33. The third kappa shape index (κ3) is 3.16. The Kier molecular flexibility index (Phi) is 4.12. The second-order valence-electron chi connectivity index (χ2n) is 5.38. The van der Waals surface area contributed by atoms with Gasteiger partial charge in [-0.1, -0.05) is 11.6 Å². The van der Waals surface area contributed by atoms with Gasteiger partial charge < -0.3 is 5.32 Å². The molecule has 2 aromatic rings. The maximum atomic E-state index is 12.6. The summed E-state index contributed by atoms with van der Waals surface area (Å²) in [6, 6.07) is 1.88. The normalized spacial score (nSPS) is 18.3. The summed E-state index contributed by atoms with van der Waals surface area (Å²) in [5.74, 6) is 0.343. The van der Waals surface area contributed by atoms with Crippen molar-refractivity contribution in [1.29, 1.82) is 0 Å². The van der Waals surface area contributed by atoms with Crippen LogP contribution in [-0.2, 0) is 18.0 Å². The number of halogens is 4. The molecule has 3 heterocycles. The molecule has 1 aliphatic rings. The highest BCUT2D eigenvalue weighted by Crippen LogP contribution is 2.33. The number of carbonyl (C=O) groups excluding carboxylic acids is 1. The average molecular weight is 360 g/mol. The lowest BCUT2D eigenvalue weighted by Gasteiger charge is -2.16. The molecule has 10 heteroatoms. The van der Waals surface area contributed by atoms with Crippen molar-refractivity contribution in [3.8, 4) is 0 Å². The van der Waals surface area contributed by atoms with E-state index in [1.165, 1.54) is 4.90 Å². The Morgan fingerprint density at radius 1 is 1.42 bits per heavy atom. The lowest BCUT2D eigenvalue weighted by Crippen LogP contribution is -2.34. The minimum Gasteiger partial charge on any atom is -0.357 e. The first-order chi connectivity index (χ1) is 11.3. The van der Waals surface area contributed by atoms with Crippen molar-refractivity contribution >= 4 is 29.1 Å². The van der Waals surface area contributed by atoms with Gasteiger partial charge in [0, 0.05) is 32.1 Å². The van der Waals surface area contributed by atoms with E-state index in [0.717, 1.165) is 6.07 Å². The Morgan fingerprint density at radius 2 is 2.17 bits per heavy atom. The molecule has 6 nitrogen and oxygen atoms in total. The van der Waals surface area contributed by atoms with Gasteiger partial charge in [-0.25, -0.2) is 4.98 Å². The van der Waals surface area contributed by atoms with Crippen LogP contribution in [0, 0.1) is 0 Å². The van der Waals surface area contributed by atoms with Crippen molar-refractivity contribution in [2.45, 2.75) is 18.6 Å². The molecular weight excluding hydrogens is 347 g/mol. The van der Waals surface area contributed by atoms with Gasteiger partial charge in [0.25, 0.3) is 5.91 Å². The summed E-state index contributed by atoms with van der Waals surface area (Å²) < 4.78 is 39.4. The van der Waals surface area contributed by atoms with Crippen molar-refractivity contribution in [3.63, 3.8) is 0 Å². The smallest absolute Gasteiger partial charge is 0.357 e. The molecule has 1 unspecified atom stereocenters. The Morgan fingerprint density at radius 3 is 2.75 bits per heavy atom. The van der Waals surface area contributed by atoms with E-state index in [1.807, 2.05) is 0 Å². The van der Waals surface area contributed by atoms with Crippen molar-refractivity contribution in [3.05, 3.63) is 35.1 Å². The van der Waals surface area contributed by atoms with Gasteiger partial charge in [0.05, 0.1) is 10.6 Å². The van der Waals surface area contributed by atoms with Crippen LogP contribution in [-0.4, -0.2) is 33.3 Å². The Balaban J connectivity index is 1.74. The zero-order chi connectivity index (χ0) is 17.5. The molecular formula is C14H13ClF3N5O. The number of nitrogens with zero attached hydrogens (tertiary/aromatic N) is 4. The minimum absolute atomic E-state index is 0.0471. The van der Waals surface area contributed by atoms with Crippen LogP contribution < -0.4 is 10.2 Å². The molecule has 0 radical (unpaired) electrons. The summed E-state index contributed by atoms with van der Waals surface area (Å²) in [5.41, 5.74) is -0.939. The fourth-order valence-electron chi connectivity index (χ4n) is 2.45. The number of amides is 1. The SMILES string of the molecule is Cn1ccc(N2CCC(Nc3ncc(C(F)(F)F)cc3Cl)C2=O)n1. The van der Waals surface area contributed by atoms with Gasteiger partial charge >= 0.3 is 6.18 Å². The van der Waals surface area contributed by atoms with Crippen LogP contribution in [0.25, 0.3) is 0 Å². The fraction of sp³-hybridized carbons (Fsp3) is 0.357. The summed E-state index contributed by atoms with van der Waals surface area (Å²) in [6.45, 7) is 0.450. The van der Waals surface area contributed by atoms with Gasteiger partial charge in [0.1, 0.15) is 11.9 Å². The molecule has 1 N–H and O–H groups in total. The maximum Gasteiger partial charge on any atom is 0.417 e. The topological polar surface area (TPSA) is 63.1 Å². The van der Waals surface area contributed by atoms with E-state index in [9.17, 15) is 18.0 Å². The molecule has 0 spiro atoms. The molecule has 1 atom stereocenters. The van der Waals surface area contributed by atoms with Crippen LogP contribution in [0.3, 0.4) is 0 Å². The lowest BCUT2D eigenvalue weighted by molar-refractivity contribution is -0.137. The first-order valence-corrected chi connectivity index (χ1v) is 7.44. The predicted molar refractivity (Wildman–Crippen MR) is 81.8 cm³/mol. The molecule has 1 amide bonds. The maximum absolute atomic E-state index is 12.6. The van der Waals surface area contributed by atoms with Crippen LogP contribution in [0.15, 0.2) is 24.5 Å². The van der Waals surface area contributed by atoms with E-state index < -0.39 is 17.8 Å². The number of aromatic nitrogens is 3. The molecule has 24 heavy (non-hydrogen) atoms. The zero-order valence-corrected chi connectivity index (χ0v) is 13.3. The molecule has 1 fully saturated rings. The number of rotatable bonds is 3. The Labute approximate surface area is 140 Å². The minimum atomic E-state index is -4.52. The summed E-state index contributed by atoms with van der Waals surface area (Å²) in [7, 11) is 1.74. The quantitative estimate of drug-likeness (QED) is 0.915. The van der Waals surface area contributed by atoms with Crippen LogP contribution in [0.4, 0.5) is 24.8 Å². The van der Waals surface area contributed by atoms with Crippen LogP contribution in [0.5, 0.6) is 0 Å². The van der Waals surface area contributed by atoms with Crippen molar-refractivity contribution in [1.82, 2.24) is 14.8 Å². The number of alkyl halides is 3. The molecule has 0 bridgehead atoms. The van der Waals surface area contributed by atoms with Gasteiger partial charge in [-0.05, 0) is 12.5 Å². The second-order valence-corrected chi connectivity index (χ2v) is 5.78. The monoisotopic (exact) mass is 359 g/mol. The molecule has 0 aliphatic carbocycles. The van der Waals surface area contributed by atoms with Gasteiger partial charge in [-0.3, -0.25) is 14.4 Å². The van der Waals surface area contributed by atoms with Crippen LogP contribution in [0.1, 0.15) is 12.0 Å². The average Bonchev–Trinajstić information content (AvgIpc) is 3.07. The lowest BCUT2D eigenvalue weighted by atomic mass is 10.2. The van der Waals surface area contributed by atoms with Gasteiger partial charge in [-0.2, -0.15) is 18.3 Å². The van der Waals surface area contributed by atoms with Crippen LogP contribution >= 0.6 is 11.6 Å². The zero-order valence-electron chi connectivity index (χ0n) is 12.5. The number of carbonyl (C=O) groups is 1. The highest BCUT2D eigenvalue weighted by atomic mass is 35.5. The highest BCUT2D eigenvalue weighted by Gasteiger charge is 2.35. The third-order valence-corrected chi connectivity index (χ3v) is 3.95. The number of nitrogens with one attached hydrogen (secondary N) is 1. The first-order valence-electron chi connectivity index (χ1n) is 7.06. The third-order valence-electron chi connectivity index (χ3n) is 3.66. The molecule has 2 aromatic heterocycles. The number of pyridine rings is 1. The number of hydrogen-bond donors (Lipinski definition) is 1. The molecule has 0 saturated carbocycles. The van der Waals surface area contributed by atoms with E-state index in [2.05, 4.69) is 15.4 Å². The molecule has 3 rings (SSSR count). The molecule has 1 saturated heterocycles. The van der Waals surface area contributed by atoms with Crippen molar-refractivity contribution in [2.75, 3.05) is 16.8 Å². The van der Waals surface area contributed by atoms with E-state index in [-0.39, 0.29) is 16.7 Å². The summed E-state index contributed by atoms with van der Waals surface area (Å²) in [4.78, 5) is 17.6. The van der Waals surface area contributed by atoms with Gasteiger partial charge in [-0.15, -0.1) is 0 Å². The van der Waals surface area contributed by atoms with E-state index in [0.29, 0.717) is 25.0 Å². The van der Waals surface area contributed by atoms with Gasteiger partial charge in [0.2, 0.25) is 0 Å². The molecule has 128 valence electrons. The predicted octanol–water partition coefficient (Wildman–Crippen LogP) is 2.70. The van der Waals surface area contributed by atoms with Crippen molar-refractivity contribution < 1.29 is 18.0 Å².